The van der Waals surface area contributed by atoms with E-state index in [1.54, 1.807) is 0 Å². The number of rotatable bonds is 8. The van der Waals surface area contributed by atoms with Gasteiger partial charge in [-0.05, 0) is 22.0 Å². The second-order valence-electron chi connectivity index (χ2n) is 4.39. The summed E-state index contributed by atoms with van der Waals surface area (Å²) in [5.41, 5.74) is 0. The van der Waals surface area contributed by atoms with Crippen molar-refractivity contribution >= 4 is 31.9 Å². The van der Waals surface area contributed by atoms with Gasteiger partial charge in [0.1, 0.15) is 11.5 Å². The van der Waals surface area contributed by atoms with Crippen LogP contribution in [-0.4, -0.2) is 50.6 Å². The van der Waals surface area contributed by atoms with Gasteiger partial charge in [-0.2, -0.15) is 9.97 Å². The number of hydrogen-bond acceptors (Lipinski definition) is 7. The SMILES string of the molecule is COc1nc(NS(=O)(=O)c2c[nH]c(Br)c2)nc(OC)c1OCC(F)F. The molecule has 2 heterocycles. The normalized spacial score (nSPS) is 11.4. The number of sulfonamides is 1. The number of hydrogen-bond donors (Lipinski definition) is 2. The van der Waals surface area contributed by atoms with Crippen molar-refractivity contribution in [2.45, 2.75) is 11.3 Å². The van der Waals surface area contributed by atoms with E-state index < -0.39 is 23.1 Å². The molecule has 9 nitrogen and oxygen atoms in total. The van der Waals surface area contributed by atoms with Gasteiger partial charge in [-0.1, -0.05) is 0 Å². The lowest BCUT2D eigenvalue weighted by molar-refractivity contribution is 0.0781. The van der Waals surface area contributed by atoms with Gasteiger partial charge >= 0.3 is 0 Å². The fourth-order valence-electron chi connectivity index (χ4n) is 1.69. The number of aromatic nitrogens is 3. The standard InChI is InChI=1S/C12H13BrF2N4O5S/c1-22-10-9(24-5-8(14)15)11(23-2)18-12(17-10)19-25(20,21)6-3-7(13)16-4-6/h3-4,8,16H,5H2,1-2H3,(H,17,18,19). The van der Waals surface area contributed by atoms with E-state index in [0.29, 0.717) is 4.60 Å². The number of H-pyrrole nitrogens is 1. The Hall–Kier alpha value is -2.15. The first-order valence-corrected chi connectivity index (χ1v) is 8.82. The van der Waals surface area contributed by atoms with Crippen LogP contribution in [-0.2, 0) is 10.0 Å². The molecule has 0 bridgehead atoms. The number of aromatic amines is 1. The molecule has 2 aromatic rings. The number of ether oxygens (including phenoxy) is 3. The fourth-order valence-corrected chi connectivity index (χ4v) is 3.13. The maximum Gasteiger partial charge on any atom is 0.272 e. The van der Waals surface area contributed by atoms with Gasteiger partial charge < -0.3 is 19.2 Å². The van der Waals surface area contributed by atoms with Gasteiger partial charge in [0.2, 0.25) is 11.7 Å². The Balaban J connectivity index is 2.36. The molecule has 0 amide bonds. The second kappa shape index (κ2) is 7.82. The van der Waals surface area contributed by atoms with Gasteiger partial charge in [-0.15, -0.1) is 0 Å². The van der Waals surface area contributed by atoms with E-state index in [9.17, 15) is 17.2 Å². The van der Waals surface area contributed by atoms with E-state index in [0.717, 1.165) is 0 Å². The number of nitrogens with zero attached hydrogens (tertiary/aromatic N) is 2. The average molecular weight is 443 g/mol. The van der Waals surface area contributed by atoms with Gasteiger partial charge in [-0.25, -0.2) is 21.9 Å². The highest BCUT2D eigenvalue weighted by atomic mass is 79.9. The van der Waals surface area contributed by atoms with Crippen LogP contribution in [0.15, 0.2) is 21.8 Å². The molecule has 0 aromatic carbocycles. The number of alkyl halides is 2. The number of halogens is 3. The highest BCUT2D eigenvalue weighted by Gasteiger charge is 2.23. The molecule has 13 heteroatoms. The zero-order chi connectivity index (χ0) is 18.6. The molecular weight excluding hydrogens is 430 g/mol. The monoisotopic (exact) mass is 442 g/mol. The molecule has 0 atom stereocenters. The second-order valence-corrected chi connectivity index (χ2v) is 6.92. The minimum absolute atomic E-state index is 0.0704. The maximum absolute atomic E-state index is 12.3. The molecule has 0 aliphatic carbocycles. The summed E-state index contributed by atoms with van der Waals surface area (Å²) in [5.74, 6) is -1.17. The van der Waals surface area contributed by atoms with Gasteiger partial charge in [-0.3, -0.25) is 0 Å². The van der Waals surface area contributed by atoms with Crippen molar-refractivity contribution in [1.29, 1.82) is 0 Å². The molecule has 0 saturated carbocycles. The van der Waals surface area contributed by atoms with Crippen molar-refractivity contribution in [2.24, 2.45) is 0 Å². The van der Waals surface area contributed by atoms with Crippen molar-refractivity contribution in [3.05, 3.63) is 16.9 Å². The highest BCUT2D eigenvalue weighted by molar-refractivity contribution is 9.10. The number of nitrogens with one attached hydrogen (secondary N) is 2. The topological polar surface area (TPSA) is 115 Å². The van der Waals surface area contributed by atoms with E-state index in [1.165, 1.54) is 26.5 Å². The fraction of sp³-hybridized carbons (Fsp3) is 0.333. The lowest BCUT2D eigenvalue weighted by Crippen LogP contribution is -2.16. The predicted molar refractivity (Wildman–Crippen MR) is 85.9 cm³/mol. The van der Waals surface area contributed by atoms with Crippen molar-refractivity contribution in [3.8, 4) is 17.5 Å². The molecule has 0 fully saturated rings. The first-order valence-electron chi connectivity index (χ1n) is 6.54. The minimum atomic E-state index is -3.99. The van der Waals surface area contributed by atoms with Crippen LogP contribution in [0.3, 0.4) is 0 Å². The third-order valence-corrected chi connectivity index (χ3v) is 4.47. The molecule has 2 N–H and O–H groups in total. The molecule has 25 heavy (non-hydrogen) atoms. The summed E-state index contributed by atoms with van der Waals surface area (Å²) in [7, 11) is -1.58. The third-order valence-electron chi connectivity index (χ3n) is 2.70. The minimum Gasteiger partial charge on any atom is -0.478 e. The summed E-state index contributed by atoms with van der Waals surface area (Å²) < 4.78 is 66.6. The molecule has 0 aliphatic rings. The molecule has 138 valence electrons. The largest absolute Gasteiger partial charge is 0.478 e. The number of anilines is 1. The van der Waals surface area contributed by atoms with Crippen molar-refractivity contribution in [3.63, 3.8) is 0 Å². The van der Waals surface area contributed by atoms with Crippen LogP contribution < -0.4 is 18.9 Å². The maximum atomic E-state index is 12.3. The summed E-state index contributed by atoms with van der Waals surface area (Å²) in [6, 6.07) is 1.33. The van der Waals surface area contributed by atoms with Crippen LogP contribution in [0.4, 0.5) is 14.7 Å². The van der Waals surface area contributed by atoms with Crippen molar-refractivity contribution in [2.75, 3.05) is 25.5 Å². The summed E-state index contributed by atoms with van der Waals surface area (Å²) >= 11 is 3.10. The molecule has 0 spiro atoms. The Morgan fingerprint density at radius 3 is 2.32 bits per heavy atom. The number of methoxy groups -OCH3 is 2. The molecule has 0 unspecified atom stereocenters. The predicted octanol–water partition coefficient (Wildman–Crippen LogP) is 2.03. The first kappa shape index (κ1) is 19.2. The van der Waals surface area contributed by atoms with Crippen LogP contribution in [0.25, 0.3) is 0 Å². The van der Waals surface area contributed by atoms with E-state index in [4.69, 9.17) is 14.2 Å². The van der Waals surface area contributed by atoms with Gasteiger partial charge in [0.15, 0.2) is 0 Å². The zero-order valence-electron chi connectivity index (χ0n) is 12.9. The molecule has 2 rings (SSSR count). The summed E-state index contributed by atoms with van der Waals surface area (Å²) in [4.78, 5) is 10.2. The van der Waals surface area contributed by atoms with Gasteiger partial charge in [0.05, 0.1) is 18.8 Å². The van der Waals surface area contributed by atoms with Crippen molar-refractivity contribution in [1.82, 2.24) is 15.0 Å². The van der Waals surface area contributed by atoms with Crippen LogP contribution in [0, 0.1) is 0 Å². The Morgan fingerprint density at radius 2 is 1.88 bits per heavy atom. The first-order chi connectivity index (χ1) is 11.8. The lowest BCUT2D eigenvalue weighted by atomic mass is 10.5. The van der Waals surface area contributed by atoms with Crippen LogP contribution in [0.1, 0.15) is 0 Å². The van der Waals surface area contributed by atoms with Gasteiger partial charge in [0.25, 0.3) is 28.2 Å². The molecular formula is C12H13BrF2N4O5S. The summed E-state index contributed by atoms with van der Waals surface area (Å²) in [5, 5.41) is 0. The molecule has 2 aromatic heterocycles. The zero-order valence-corrected chi connectivity index (χ0v) is 15.3. The van der Waals surface area contributed by atoms with Crippen LogP contribution in [0.2, 0.25) is 0 Å². The van der Waals surface area contributed by atoms with Crippen LogP contribution >= 0.6 is 15.9 Å². The van der Waals surface area contributed by atoms with Crippen LogP contribution in [0.5, 0.6) is 17.5 Å². The molecule has 0 radical (unpaired) electrons. The molecule has 0 saturated heterocycles. The summed E-state index contributed by atoms with van der Waals surface area (Å²) in [6.45, 7) is -0.932. The van der Waals surface area contributed by atoms with E-state index in [1.807, 2.05) is 0 Å². The lowest BCUT2D eigenvalue weighted by Gasteiger charge is -2.14. The van der Waals surface area contributed by atoms with E-state index in [-0.39, 0.29) is 28.4 Å². The van der Waals surface area contributed by atoms with E-state index in [2.05, 4.69) is 35.6 Å². The van der Waals surface area contributed by atoms with Gasteiger partial charge in [0, 0.05) is 6.20 Å². The quantitative estimate of drug-likeness (QED) is 0.642. The third kappa shape index (κ3) is 4.69. The van der Waals surface area contributed by atoms with E-state index >= 15 is 0 Å². The Morgan fingerprint density at radius 1 is 1.28 bits per heavy atom. The average Bonchev–Trinajstić information content (AvgIpc) is 2.99. The highest BCUT2D eigenvalue weighted by Crippen LogP contribution is 2.35. The Bertz CT molecular complexity index is 821. The Kier molecular flexibility index (Phi) is 6.00. The molecule has 0 aliphatic heterocycles. The smallest absolute Gasteiger partial charge is 0.272 e. The summed E-state index contributed by atoms with van der Waals surface area (Å²) in [6.07, 6.45) is -1.49. The Labute approximate surface area is 149 Å². The van der Waals surface area contributed by atoms with Crippen molar-refractivity contribution < 1.29 is 31.4 Å².